The zero-order valence-corrected chi connectivity index (χ0v) is 25.6. The predicted molar refractivity (Wildman–Crippen MR) is 159 cm³/mol. The van der Waals surface area contributed by atoms with Crippen LogP contribution in [0, 0.1) is 17.1 Å². The van der Waals surface area contributed by atoms with E-state index in [9.17, 15) is 29.8 Å². The first kappa shape index (κ1) is 32.5. The van der Waals surface area contributed by atoms with Gasteiger partial charge in [-0.25, -0.2) is 9.07 Å². The molecule has 234 valence electrons. The van der Waals surface area contributed by atoms with Crippen LogP contribution in [0.15, 0.2) is 36.5 Å². The number of methoxy groups -OCH3 is 1. The summed E-state index contributed by atoms with van der Waals surface area (Å²) in [4.78, 5) is 15.9. The summed E-state index contributed by atoms with van der Waals surface area (Å²) in [6.07, 6.45) is -2.28. The summed E-state index contributed by atoms with van der Waals surface area (Å²) in [5, 5.41) is 50.1. The van der Waals surface area contributed by atoms with Gasteiger partial charge >= 0.3 is 0 Å². The van der Waals surface area contributed by atoms with Crippen molar-refractivity contribution in [3.05, 3.63) is 63.0 Å². The lowest BCUT2D eigenvalue weighted by Gasteiger charge is -2.46. The average Bonchev–Trinajstić information content (AvgIpc) is 3.50. The molecule has 5 rings (SSSR count). The van der Waals surface area contributed by atoms with E-state index in [-0.39, 0.29) is 37.6 Å². The number of nitriles is 1. The van der Waals surface area contributed by atoms with E-state index < -0.39 is 60.9 Å². The fourth-order valence-corrected chi connectivity index (χ4v) is 6.45. The van der Waals surface area contributed by atoms with Crippen LogP contribution in [-0.4, -0.2) is 86.5 Å². The molecule has 3 N–H and O–H groups in total. The van der Waals surface area contributed by atoms with E-state index >= 15 is 0 Å². The largest absolute Gasteiger partial charge is 0.394 e. The highest BCUT2D eigenvalue weighted by Gasteiger charge is 2.52. The van der Waals surface area contributed by atoms with Gasteiger partial charge in [0.05, 0.1) is 46.6 Å². The number of carbonyl (C=O) groups is 1. The third kappa shape index (κ3) is 6.29. The molecule has 0 radical (unpaired) electrons. The minimum atomic E-state index is -1.42. The number of benzene rings is 2. The minimum Gasteiger partial charge on any atom is -0.394 e. The summed E-state index contributed by atoms with van der Waals surface area (Å²) in [5.41, 5.74) is 0.932. The lowest BCUT2D eigenvalue weighted by molar-refractivity contribution is -0.211. The first-order valence-corrected chi connectivity index (χ1v) is 15.0. The van der Waals surface area contributed by atoms with Crippen LogP contribution >= 0.6 is 34.8 Å². The molecule has 11 nitrogen and oxygen atoms in total. The lowest BCUT2D eigenvalue weighted by atomic mass is 9.88. The monoisotopic (exact) mass is 667 g/mol. The highest BCUT2D eigenvalue weighted by Crippen LogP contribution is 2.38. The number of aromatic nitrogens is 3. The molecule has 2 heterocycles. The molecule has 2 aliphatic rings. The zero-order valence-electron chi connectivity index (χ0n) is 23.4. The number of amides is 1. The molecule has 15 heteroatoms. The number of nitrogens with zero attached hydrogens (tertiary/aromatic N) is 5. The molecule has 7 atom stereocenters. The molecule has 44 heavy (non-hydrogen) atoms. The number of rotatable bonds is 7. The quantitative estimate of drug-likeness (QED) is 0.318. The number of anilines is 1. The Bertz CT molecular complexity index is 1550. The van der Waals surface area contributed by atoms with Crippen molar-refractivity contribution in [3.8, 4) is 17.3 Å². The smallest absolute Gasteiger partial charge is 0.259 e. The van der Waals surface area contributed by atoms with Gasteiger partial charge in [-0.15, -0.1) is 5.10 Å². The molecule has 0 unspecified atom stereocenters. The minimum absolute atomic E-state index is 0.0337. The van der Waals surface area contributed by atoms with Crippen LogP contribution in [-0.2, 0) is 14.3 Å². The molecule has 0 bridgehead atoms. The van der Waals surface area contributed by atoms with Gasteiger partial charge in [-0.2, -0.15) is 5.26 Å². The van der Waals surface area contributed by atoms with Crippen molar-refractivity contribution in [1.29, 1.82) is 5.26 Å². The van der Waals surface area contributed by atoms with Gasteiger partial charge in [0, 0.05) is 23.4 Å². The summed E-state index contributed by atoms with van der Waals surface area (Å²) in [7, 11) is 1.33. The van der Waals surface area contributed by atoms with Gasteiger partial charge in [-0.1, -0.05) is 52.9 Å². The number of aliphatic hydroxyl groups is 3. The molecule has 1 saturated heterocycles. The number of carbonyl (C=O) groups excluding carboxylic acids is 1. The normalized spacial score (nSPS) is 27.1. The molecule has 1 aliphatic carbocycles. The Labute approximate surface area is 267 Å². The number of ether oxygens (including phenoxy) is 2. The van der Waals surface area contributed by atoms with Crippen molar-refractivity contribution in [2.45, 2.75) is 68.3 Å². The Morgan fingerprint density at radius 3 is 2.61 bits per heavy atom. The standard InChI is InChI=1S/C29H29Cl3FN5O6/c1-43-27-25(37-12-20(35-36-37)15-8-18(31)24(32)19(33)9-15)26(41)23(13-39)44-28(27)29(42)38(21-4-2-3-5-22(21)40)17-7-14(11-34)6-16(30)10-17/h6-10,12,21-23,25-28,39-41H,2-5,13H2,1H3/t21-,22-,23+,25-,26-,27+,28+/m0/s1. The van der Waals surface area contributed by atoms with E-state index in [1.165, 1.54) is 47.2 Å². The third-order valence-corrected chi connectivity index (χ3v) is 9.03. The van der Waals surface area contributed by atoms with Gasteiger partial charge in [0.15, 0.2) is 6.10 Å². The van der Waals surface area contributed by atoms with Crippen LogP contribution in [0.1, 0.15) is 37.3 Å². The topological polar surface area (TPSA) is 154 Å². The predicted octanol–water partition coefficient (Wildman–Crippen LogP) is 3.93. The van der Waals surface area contributed by atoms with Gasteiger partial charge in [0.25, 0.3) is 5.91 Å². The van der Waals surface area contributed by atoms with Gasteiger partial charge in [-0.3, -0.25) is 4.79 Å². The second kappa shape index (κ2) is 13.6. The van der Waals surface area contributed by atoms with E-state index in [4.69, 9.17) is 44.3 Å². The van der Waals surface area contributed by atoms with Crippen molar-refractivity contribution in [3.63, 3.8) is 0 Å². The molecular weight excluding hydrogens is 640 g/mol. The Kier molecular flexibility index (Phi) is 10.1. The fourth-order valence-electron chi connectivity index (χ4n) is 5.91. The van der Waals surface area contributed by atoms with Gasteiger partial charge in [0.2, 0.25) is 0 Å². The maximum Gasteiger partial charge on any atom is 0.259 e. The highest BCUT2D eigenvalue weighted by atomic mass is 35.5. The maximum atomic E-state index is 14.5. The van der Waals surface area contributed by atoms with Crippen molar-refractivity contribution >= 4 is 46.4 Å². The van der Waals surface area contributed by atoms with Crippen LogP contribution in [0.2, 0.25) is 15.1 Å². The summed E-state index contributed by atoms with van der Waals surface area (Å²) in [5.74, 6) is -1.41. The first-order chi connectivity index (χ1) is 21.1. The molecule has 1 saturated carbocycles. The Balaban J connectivity index is 1.56. The summed E-state index contributed by atoms with van der Waals surface area (Å²) in [6, 6.07) is 7.24. The van der Waals surface area contributed by atoms with E-state index in [0.717, 1.165) is 18.9 Å². The first-order valence-electron chi connectivity index (χ1n) is 13.8. The molecular formula is C29H29Cl3FN5O6. The molecule has 3 aromatic rings. The Morgan fingerprint density at radius 1 is 1.20 bits per heavy atom. The summed E-state index contributed by atoms with van der Waals surface area (Å²) in [6.45, 7) is -0.654. The number of hydrogen-bond acceptors (Lipinski definition) is 9. The van der Waals surface area contributed by atoms with Gasteiger partial charge < -0.3 is 29.7 Å². The molecule has 1 aliphatic heterocycles. The number of aliphatic hydroxyl groups excluding tert-OH is 3. The number of hydrogen-bond donors (Lipinski definition) is 3. The second-order valence-electron chi connectivity index (χ2n) is 10.7. The molecule has 2 aromatic carbocycles. The second-order valence-corrected chi connectivity index (χ2v) is 12.0. The highest BCUT2D eigenvalue weighted by molar-refractivity contribution is 6.42. The molecule has 2 fully saturated rings. The van der Waals surface area contributed by atoms with E-state index in [0.29, 0.717) is 12.8 Å². The van der Waals surface area contributed by atoms with Crippen LogP contribution in [0.25, 0.3) is 11.3 Å². The third-order valence-electron chi connectivity index (χ3n) is 8.03. The van der Waals surface area contributed by atoms with Crippen LogP contribution in [0.5, 0.6) is 0 Å². The van der Waals surface area contributed by atoms with Crippen molar-refractivity contribution in [2.24, 2.45) is 0 Å². The molecule has 1 amide bonds. The number of halogens is 4. The van der Waals surface area contributed by atoms with E-state index in [1.807, 2.05) is 6.07 Å². The van der Waals surface area contributed by atoms with Crippen LogP contribution in [0.4, 0.5) is 10.1 Å². The SMILES string of the molecule is CO[C@@H]1[C@@H](n2cc(-c3cc(F)c(Cl)c(Cl)c3)nn2)[C@@H](O)[C@@H](CO)O[C@H]1C(=O)N(c1cc(Cl)cc(C#N)c1)[C@H]1CCCC[C@@H]1O. The van der Waals surface area contributed by atoms with Crippen molar-refractivity contribution in [2.75, 3.05) is 18.6 Å². The van der Waals surface area contributed by atoms with Crippen LogP contribution < -0.4 is 4.90 Å². The van der Waals surface area contributed by atoms with E-state index in [1.54, 1.807) is 0 Å². The van der Waals surface area contributed by atoms with Crippen molar-refractivity contribution < 1.29 is 34.0 Å². The Hall–Kier alpha value is -2.86. The molecule has 0 spiro atoms. The summed E-state index contributed by atoms with van der Waals surface area (Å²) >= 11 is 18.2. The van der Waals surface area contributed by atoms with Crippen molar-refractivity contribution in [1.82, 2.24) is 15.0 Å². The zero-order chi connectivity index (χ0) is 31.7. The maximum absolute atomic E-state index is 14.5. The van der Waals surface area contributed by atoms with Crippen LogP contribution in [0.3, 0.4) is 0 Å². The summed E-state index contributed by atoms with van der Waals surface area (Å²) < 4.78 is 27.3. The Morgan fingerprint density at radius 2 is 1.95 bits per heavy atom. The average molecular weight is 669 g/mol. The lowest BCUT2D eigenvalue weighted by Crippen LogP contribution is -2.63. The van der Waals surface area contributed by atoms with Gasteiger partial charge in [-0.05, 0) is 43.2 Å². The molecule has 1 aromatic heterocycles. The van der Waals surface area contributed by atoms with Gasteiger partial charge in [0.1, 0.15) is 35.9 Å². The van der Waals surface area contributed by atoms with E-state index in [2.05, 4.69) is 10.3 Å². The fraction of sp³-hybridized carbons (Fsp3) is 0.448.